The lowest BCUT2D eigenvalue weighted by atomic mass is 10.3. The van der Waals surface area contributed by atoms with Gasteiger partial charge in [0.25, 0.3) is 5.91 Å². The van der Waals surface area contributed by atoms with E-state index in [1.54, 1.807) is 0 Å². The smallest absolute Gasteiger partial charge is 0.260 e. The van der Waals surface area contributed by atoms with Crippen molar-refractivity contribution in [2.75, 3.05) is 19.7 Å². The number of carbonyl (C=O) groups excluding carboxylic acids is 1. The highest BCUT2D eigenvalue weighted by molar-refractivity contribution is 5.78. The van der Waals surface area contributed by atoms with Crippen molar-refractivity contribution in [1.29, 1.82) is 0 Å². The third-order valence-electron chi connectivity index (χ3n) is 3.26. The highest BCUT2D eigenvalue weighted by atomic mass is 16.5. The van der Waals surface area contributed by atoms with Crippen LogP contribution in [0.1, 0.15) is 32.4 Å². The van der Waals surface area contributed by atoms with E-state index in [9.17, 15) is 4.79 Å². The molecule has 5 heteroatoms. The van der Waals surface area contributed by atoms with Crippen LogP contribution in [0.25, 0.3) is 5.65 Å². The van der Waals surface area contributed by atoms with E-state index in [0.29, 0.717) is 5.75 Å². The Morgan fingerprint density at radius 1 is 1.33 bits per heavy atom. The van der Waals surface area contributed by atoms with E-state index in [0.717, 1.165) is 37.3 Å². The number of amides is 1. The van der Waals surface area contributed by atoms with Gasteiger partial charge in [-0.2, -0.15) is 0 Å². The maximum Gasteiger partial charge on any atom is 0.260 e. The number of carbonyl (C=O) groups is 1. The van der Waals surface area contributed by atoms with Crippen molar-refractivity contribution < 1.29 is 9.53 Å². The number of imidazole rings is 1. The molecule has 0 aromatic carbocycles. The van der Waals surface area contributed by atoms with Gasteiger partial charge < -0.3 is 14.0 Å². The zero-order valence-corrected chi connectivity index (χ0v) is 13.0. The van der Waals surface area contributed by atoms with Crippen LogP contribution in [0, 0.1) is 6.92 Å². The molecule has 0 radical (unpaired) electrons. The molecule has 0 spiro atoms. The number of hydrogen-bond acceptors (Lipinski definition) is 3. The predicted octanol–water partition coefficient (Wildman–Crippen LogP) is 2.67. The molecule has 2 aromatic heterocycles. The van der Waals surface area contributed by atoms with Gasteiger partial charge in [0.15, 0.2) is 18.0 Å². The Labute approximate surface area is 125 Å². The van der Waals surface area contributed by atoms with Gasteiger partial charge >= 0.3 is 0 Å². The molecule has 114 valence electrons. The van der Waals surface area contributed by atoms with Crippen molar-refractivity contribution in [2.45, 2.75) is 33.6 Å². The fraction of sp³-hybridized carbons (Fsp3) is 0.500. The number of hydrogen-bond donors (Lipinski definition) is 0. The molecule has 1 amide bonds. The number of pyridine rings is 1. The van der Waals surface area contributed by atoms with Crippen LogP contribution in [0.15, 0.2) is 24.5 Å². The van der Waals surface area contributed by atoms with Crippen LogP contribution in [0.3, 0.4) is 0 Å². The molecular weight excluding hydrogens is 266 g/mol. The van der Waals surface area contributed by atoms with Crippen molar-refractivity contribution in [3.05, 3.63) is 30.2 Å². The molecule has 0 saturated carbocycles. The molecule has 0 aliphatic carbocycles. The maximum atomic E-state index is 12.2. The first-order valence-corrected chi connectivity index (χ1v) is 7.50. The number of aryl methyl sites for hydroxylation is 1. The molecule has 0 unspecified atom stereocenters. The molecule has 0 bridgehead atoms. The number of aromatic nitrogens is 2. The molecule has 2 heterocycles. The second-order valence-electron chi connectivity index (χ2n) is 5.16. The fourth-order valence-electron chi connectivity index (χ4n) is 2.35. The van der Waals surface area contributed by atoms with Gasteiger partial charge in [0.1, 0.15) is 0 Å². The van der Waals surface area contributed by atoms with Crippen molar-refractivity contribution in [3.8, 4) is 5.75 Å². The molecule has 0 N–H and O–H groups in total. The molecule has 0 atom stereocenters. The lowest BCUT2D eigenvalue weighted by Crippen LogP contribution is -2.36. The molecule has 5 nitrogen and oxygen atoms in total. The number of ether oxygens (including phenoxy) is 1. The van der Waals surface area contributed by atoms with Gasteiger partial charge in [-0.1, -0.05) is 13.8 Å². The second kappa shape index (κ2) is 7.11. The van der Waals surface area contributed by atoms with E-state index in [1.165, 1.54) is 0 Å². The Hall–Kier alpha value is -2.04. The van der Waals surface area contributed by atoms with E-state index < -0.39 is 0 Å². The molecule has 0 fully saturated rings. The molecular formula is C16H23N3O2. The zero-order valence-electron chi connectivity index (χ0n) is 13.0. The molecule has 0 aliphatic rings. The number of nitrogens with zero attached hydrogens (tertiary/aromatic N) is 3. The van der Waals surface area contributed by atoms with E-state index in [4.69, 9.17) is 4.74 Å². The minimum Gasteiger partial charge on any atom is -0.480 e. The first kappa shape index (κ1) is 15.4. The monoisotopic (exact) mass is 289 g/mol. The Bertz CT molecular complexity index is 601. The standard InChI is InChI=1S/C16H23N3O2/c1-4-8-18(9-5-2)15(20)12-21-14-7-6-10-19-11-13(3)17-16(14)19/h6-7,10-11H,4-5,8-9,12H2,1-3H3. The Morgan fingerprint density at radius 3 is 2.71 bits per heavy atom. The summed E-state index contributed by atoms with van der Waals surface area (Å²) in [6, 6.07) is 3.74. The fourth-order valence-corrected chi connectivity index (χ4v) is 2.35. The maximum absolute atomic E-state index is 12.2. The molecule has 21 heavy (non-hydrogen) atoms. The zero-order chi connectivity index (χ0) is 15.2. The largest absolute Gasteiger partial charge is 0.480 e. The van der Waals surface area contributed by atoms with Crippen LogP contribution >= 0.6 is 0 Å². The second-order valence-corrected chi connectivity index (χ2v) is 5.16. The summed E-state index contributed by atoms with van der Waals surface area (Å²) in [6.07, 6.45) is 5.77. The van der Waals surface area contributed by atoms with E-state index in [1.807, 2.05) is 40.8 Å². The summed E-state index contributed by atoms with van der Waals surface area (Å²) in [4.78, 5) is 18.5. The SMILES string of the molecule is CCCN(CCC)C(=O)COc1cccn2cc(C)nc12. The van der Waals surface area contributed by atoms with Gasteiger partial charge in [-0.15, -0.1) is 0 Å². The Kier molecular flexibility index (Phi) is 5.20. The summed E-state index contributed by atoms with van der Waals surface area (Å²) >= 11 is 0. The van der Waals surface area contributed by atoms with Gasteiger partial charge in [-0.3, -0.25) is 4.79 Å². The third-order valence-corrected chi connectivity index (χ3v) is 3.26. The van der Waals surface area contributed by atoms with Crippen LogP contribution in [0.5, 0.6) is 5.75 Å². The Morgan fingerprint density at radius 2 is 2.05 bits per heavy atom. The molecule has 2 aromatic rings. The Balaban J connectivity index is 2.05. The predicted molar refractivity (Wildman–Crippen MR) is 82.6 cm³/mol. The average molecular weight is 289 g/mol. The summed E-state index contributed by atoms with van der Waals surface area (Å²) in [5.74, 6) is 0.677. The van der Waals surface area contributed by atoms with Crippen LogP contribution in [-0.4, -0.2) is 39.9 Å². The lowest BCUT2D eigenvalue weighted by molar-refractivity contribution is -0.133. The normalized spacial score (nSPS) is 10.8. The van der Waals surface area contributed by atoms with Gasteiger partial charge in [-0.25, -0.2) is 4.98 Å². The van der Waals surface area contributed by atoms with Crippen molar-refractivity contribution in [3.63, 3.8) is 0 Å². The minimum absolute atomic E-state index is 0.0315. The molecule has 2 rings (SSSR count). The van der Waals surface area contributed by atoms with Crippen molar-refractivity contribution >= 4 is 11.6 Å². The van der Waals surface area contributed by atoms with E-state index >= 15 is 0 Å². The molecule has 0 aliphatic heterocycles. The highest BCUT2D eigenvalue weighted by Gasteiger charge is 2.13. The van der Waals surface area contributed by atoms with Crippen LogP contribution in [-0.2, 0) is 4.79 Å². The molecule has 0 saturated heterocycles. The number of fused-ring (bicyclic) bond motifs is 1. The first-order valence-electron chi connectivity index (χ1n) is 7.50. The van der Waals surface area contributed by atoms with Gasteiger partial charge in [-0.05, 0) is 31.9 Å². The first-order chi connectivity index (χ1) is 10.2. The van der Waals surface area contributed by atoms with Gasteiger partial charge in [0.2, 0.25) is 0 Å². The van der Waals surface area contributed by atoms with Crippen molar-refractivity contribution in [2.24, 2.45) is 0 Å². The summed E-state index contributed by atoms with van der Waals surface area (Å²) in [5, 5.41) is 0. The van der Waals surface area contributed by atoms with Crippen LogP contribution < -0.4 is 4.74 Å². The average Bonchev–Trinajstić information content (AvgIpc) is 2.85. The van der Waals surface area contributed by atoms with Crippen LogP contribution in [0.4, 0.5) is 0 Å². The minimum atomic E-state index is 0.0315. The number of rotatable bonds is 7. The topological polar surface area (TPSA) is 46.8 Å². The van der Waals surface area contributed by atoms with Crippen molar-refractivity contribution in [1.82, 2.24) is 14.3 Å². The third kappa shape index (κ3) is 3.74. The quantitative estimate of drug-likeness (QED) is 0.787. The van der Waals surface area contributed by atoms with E-state index in [2.05, 4.69) is 18.8 Å². The van der Waals surface area contributed by atoms with Crippen LogP contribution in [0.2, 0.25) is 0 Å². The summed E-state index contributed by atoms with van der Waals surface area (Å²) in [6.45, 7) is 7.71. The highest BCUT2D eigenvalue weighted by Crippen LogP contribution is 2.18. The van der Waals surface area contributed by atoms with Gasteiger partial charge in [0, 0.05) is 25.5 Å². The summed E-state index contributed by atoms with van der Waals surface area (Å²) in [7, 11) is 0. The lowest BCUT2D eigenvalue weighted by Gasteiger charge is -2.21. The summed E-state index contributed by atoms with van der Waals surface area (Å²) < 4.78 is 7.60. The van der Waals surface area contributed by atoms with Gasteiger partial charge in [0.05, 0.1) is 5.69 Å². The van der Waals surface area contributed by atoms with E-state index in [-0.39, 0.29) is 12.5 Å². The summed E-state index contributed by atoms with van der Waals surface area (Å²) in [5.41, 5.74) is 1.68.